The Morgan fingerprint density at radius 2 is 2.29 bits per heavy atom. The summed E-state index contributed by atoms with van der Waals surface area (Å²) in [5, 5.41) is 0. The van der Waals surface area contributed by atoms with Crippen molar-refractivity contribution >= 4 is 17.6 Å². The van der Waals surface area contributed by atoms with E-state index in [0.29, 0.717) is 25.0 Å². The number of rotatable bonds is 4. The molecular weight excluding hydrogens is 264 g/mol. The van der Waals surface area contributed by atoms with Gasteiger partial charge in [-0.15, -0.1) is 0 Å². The molecule has 112 valence electrons. The molecule has 2 aliphatic rings. The minimum atomic E-state index is 0.212. The molecule has 1 aromatic rings. The Kier molecular flexibility index (Phi) is 3.82. The summed E-state index contributed by atoms with van der Waals surface area (Å²) in [6.45, 7) is 1.37. The van der Waals surface area contributed by atoms with Gasteiger partial charge in [-0.1, -0.05) is 12.1 Å². The van der Waals surface area contributed by atoms with E-state index in [2.05, 4.69) is 4.99 Å². The molecule has 1 heterocycles. The van der Waals surface area contributed by atoms with Gasteiger partial charge < -0.3 is 15.5 Å². The lowest BCUT2D eigenvalue weighted by atomic mass is 10.2. The number of hydrogen-bond donors (Lipinski definition) is 1. The molecule has 1 aliphatic heterocycles. The molecule has 1 aliphatic carbocycles. The average molecular weight is 286 g/mol. The first-order valence-electron chi connectivity index (χ1n) is 7.57. The maximum atomic E-state index is 11.8. The van der Waals surface area contributed by atoms with Gasteiger partial charge in [-0.25, -0.2) is 4.99 Å². The zero-order valence-electron chi connectivity index (χ0n) is 12.5. The van der Waals surface area contributed by atoms with E-state index in [1.54, 1.807) is 0 Å². The molecule has 1 aromatic carbocycles. The molecule has 1 saturated heterocycles. The zero-order valence-corrected chi connectivity index (χ0v) is 12.5. The van der Waals surface area contributed by atoms with E-state index in [-0.39, 0.29) is 5.91 Å². The van der Waals surface area contributed by atoms with Crippen LogP contribution in [0.25, 0.3) is 0 Å². The summed E-state index contributed by atoms with van der Waals surface area (Å²) in [4.78, 5) is 20.2. The second kappa shape index (κ2) is 5.76. The van der Waals surface area contributed by atoms with Gasteiger partial charge >= 0.3 is 0 Å². The van der Waals surface area contributed by atoms with E-state index < -0.39 is 0 Å². The Hall–Kier alpha value is -2.04. The third kappa shape index (κ3) is 3.17. The molecule has 0 spiro atoms. The zero-order chi connectivity index (χ0) is 14.8. The maximum absolute atomic E-state index is 11.8. The summed E-state index contributed by atoms with van der Waals surface area (Å²) in [6, 6.07) is 8.60. The molecule has 0 unspecified atom stereocenters. The van der Waals surface area contributed by atoms with Gasteiger partial charge in [-0.05, 0) is 37.0 Å². The van der Waals surface area contributed by atoms with Crippen LogP contribution in [-0.2, 0) is 11.3 Å². The summed E-state index contributed by atoms with van der Waals surface area (Å²) in [5.74, 6) is 0.809. The number of guanidine groups is 1. The van der Waals surface area contributed by atoms with Gasteiger partial charge in [-0.2, -0.15) is 0 Å². The van der Waals surface area contributed by atoms with Crippen LogP contribution < -0.4 is 10.6 Å². The minimum Gasteiger partial charge on any atom is -0.370 e. The van der Waals surface area contributed by atoms with Crippen LogP contribution in [0.2, 0.25) is 0 Å². The minimum absolute atomic E-state index is 0.212. The third-order valence-electron chi connectivity index (χ3n) is 4.18. The fraction of sp³-hybridized carbons (Fsp3) is 0.500. The Bertz CT molecular complexity index is 565. The number of carbonyl (C=O) groups is 1. The first-order valence-corrected chi connectivity index (χ1v) is 7.57. The SMILES string of the molecule is CN(C(N)=NCc1cccc(N2CCCC2=O)c1)C1CC1. The van der Waals surface area contributed by atoms with Crippen LogP contribution in [0.15, 0.2) is 29.3 Å². The average Bonchev–Trinajstić information content (AvgIpc) is 3.26. The molecule has 5 nitrogen and oxygen atoms in total. The number of aliphatic imine (C=N–C) groups is 1. The van der Waals surface area contributed by atoms with Crippen molar-refractivity contribution in [2.75, 3.05) is 18.5 Å². The van der Waals surface area contributed by atoms with Gasteiger partial charge in [0.05, 0.1) is 6.54 Å². The maximum Gasteiger partial charge on any atom is 0.227 e. The predicted molar refractivity (Wildman–Crippen MR) is 84.1 cm³/mol. The lowest BCUT2D eigenvalue weighted by Crippen LogP contribution is -2.35. The number of anilines is 1. The largest absolute Gasteiger partial charge is 0.370 e. The van der Waals surface area contributed by atoms with E-state index in [4.69, 9.17) is 5.73 Å². The van der Waals surface area contributed by atoms with Crippen LogP contribution in [0.1, 0.15) is 31.2 Å². The highest BCUT2D eigenvalue weighted by atomic mass is 16.2. The van der Waals surface area contributed by atoms with Gasteiger partial charge in [-0.3, -0.25) is 4.79 Å². The van der Waals surface area contributed by atoms with Crippen LogP contribution in [0.5, 0.6) is 0 Å². The molecular formula is C16H22N4O. The van der Waals surface area contributed by atoms with Crippen LogP contribution in [-0.4, -0.2) is 36.4 Å². The molecule has 0 bridgehead atoms. The lowest BCUT2D eigenvalue weighted by Gasteiger charge is -2.18. The quantitative estimate of drug-likeness (QED) is 0.677. The molecule has 0 radical (unpaired) electrons. The summed E-state index contributed by atoms with van der Waals surface area (Å²) >= 11 is 0. The molecule has 0 atom stereocenters. The van der Waals surface area contributed by atoms with Crippen molar-refractivity contribution in [3.8, 4) is 0 Å². The Balaban J connectivity index is 1.68. The second-order valence-electron chi connectivity index (χ2n) is 5.84. The molecule has 5 heteroatoms. The standard InChI is InChI=1S/C16H22N4O/c1-19(13-7-8-13)16(17)18-11-12-4-2-5-14(10-12)20-9-3-6-15(20)21/h2,4-5,10,13H,3,6-9,11H2,1H3,(H2,17,18). The van der Waals surface area contributed by atoms with E-state index in [0.717, 1.165) is 24.2 Å². The van der Waals surface area contributed by atoms with E-state index in [1.165, 1.54) is 12.8 Å². The fourth-order valence-corrected chi connectivity index (χ4v) is 2.68. The number of benzene rings is 1. The predicted octanol–water partition coefficient (Wildman–Crippen LogP) is 1.72. The molecule has 2 fully saturated rings. The van der Waals surface area contributed by atoms with Crippen molar-refractivity contribution in [3.63, 3.8) is 0 Å². The Morgan fingerprint density at radius 3 is 2.95 bits per heavy atom. The number of carbonyl (C=O) groups excluding carboxylic acids is 1. The number of amides is 1. The summed E-state index contributed by atoms with van der Waals surface area (Å²) < 4.78 is 0. The van der Waals surface area contributed by atoms with E-state index in [1.807, 2.05) is 41.1 Å². The number of nitrogens with zero attached hydrogens (tertiary/aromatic N) is 3. The lowest BCUT2D eigenvalue weighted by molar-refractivity contribution is -0.117. The smallest absolute Gasteiger partial charge is 0.227 e. The molecule has 1 amide bonds. The highest BCUT2D eigenvalue weighted by Crippen LogP contribution is 2.25. The fourth-order valence-electron chi connectivity index (χ4n) is 2.68. The molecule has 0 aromatic heterocycles. The Labute approximate surface area is 125 Å². The highest BCUT2D eigenvalue weighted by Gasteiger charge is 2.27. The first-order chi connectivity index (χ1) is 10.1. The third-order valence-corrected chi connectivity index (χ3v) is 4.18. The number of hydrogen-bond acceptors (Lipinski definition) is 2. The molecule has 21 heavy (non-hydrogen) atoms. The monoisotopic (exact) mass is 286 g/mol. The van der Waals surface area contributed by atoms with Gasteiger partial charge in [0.1, 0.15) is 0 Å². The normalized spacial score (nSPS) is 19.2. The molecule has 1 saturated carbocycles. The highest BCUT2D eigenvalue weighted by molar-refractivity contribution is 5.95. The number of nitrogens with two attached hydrogens (primary N) is 1. The molecule has 3 rings (SSSR count). The van der Waals surface area contributed by atoms with Gasteiger partial charge in [0.25, 0.3) is 0 Å². The van der Waals surface area contributed by atoms with Crippen LogP contribution in [0, 0.1) is 0 Å². The van der Waals surface area contributed by atoms with Crippen LogP contribution in [0.3, 0.4) is 0 Å². The topological polar surface area (TPSA) is 61.9 Å². The van der Waals surface area contributed by atoms with Crippen molar-refractivity contribution in [2.45, 2.75) is 38.3 Å². The second-order valence-corrected chi connectivity index (χ2v) is 5.84. The Morgan fingerprint density at radius 1 is 1.48 bits per heavy atom. The van der Waals surface area contributed by atoms with Gasteiger partial charge in [0.2, 0.25) is 5.91 Å². The van der Waals surface area contributed by atoms with Crippen LogP contribution >= 0.6 is 0 Å². The summed E-state index contributed by atoms with van der Waals surface area (Å²) in [7, 11) is 2.00. The van der Waals surface area contributed by atoms with Crippen LogP contribution in [0.4, 0.5) is 5.69 Å². The summed E-state index contributed by atoms with van der Waals surface area (Å²) in [5.41, 5.74) is 8.05. The van der Waals surface area contributed by atoms with Crippen molar-refractivity contribution in [3.05, 3.63) is 29.8 Å². The van der Waals surface area contributed by atoms with E-state index in [9.17, 15) is 4.79 Å². The first kappa shape index (κ1) is 13.9. The van der Waals surface area contributed by atoms with E-state index >= 15 is 0 Å². The van der Waals surface area contributed by atoms with Gasteiger partial charge in [0, 0.05) is 31.7 Å². The van der Waals surface area contributed by atoms with Crippen molar-refractivity contribution in [1.29, 1.82) is 0 Å². The van der Waals surface area contributed by atoms with Crippen molar-refractivity contribution < 1.29 is 4.79 Å². The van der Waals surface area contributed by atoms with Gasteiger partial charge in [0.15, 0.2) is 5.96 Å². The summed E-state index contributed by atoms with van der Waals surface area (Å²) in [6.07, 6.45) is 4.01. The van der Waals surface area contributed by atoms with Crippen molar-refractivity contribution in [1.82, 2.24) is 4.90 Å². The van der Waals surface area contributed by atoms with Crippen molar-refractivity contribution in [2.24, 2.45) is 10.7 Å². The molecule has 2 N–H and O–H groups in total.